The molecule has 3 rings (SSSR count). The first-order valence-electron chi connectivity index (χ1n) is 8.60. The van der Waals surface area contributed by atoms with Gasteiger partial charge in [0.1, 0.15) is 16.9 Å². The van der Waals surface area contributed by atoms with Crippen LogP contribution in [0.2, 0.25) is 0 Å². The molecule has 0 heterocycles. The Morgan fingerprint density at radius 2 is 1.31 bits per heavy atom. The first-order chi connectivity index (χ1) is 14.0. The lowest BCUT2D eigenvalue weighted by atomic mass is 10.1. The fraction of sp³-hybridized carbons (Fsp3) is 0. The zero-order chi connectivity index (χ0) is 20.8. The van der Waals surface area contributed by atoms with Gasteiger partial charge in [0.15, 0.2) is 11.5 Å². The molecular formula is C23H16O6. The van der Waals surface area contributed by atoms with E-state index < -0.39 is 11.9 Å². The lowest BCUT2D eigenvalue weighted by Crippen LogP contribution is -2.06. The van der Waals surface area contributed by atoms with E-state index in [4.69, 9.17) is 4.74 Å². The molecular weight excluding hydrogens is 372 g/mol. The van der Waals surface area contributed by atoms with Gasteiger partial charge in [-0.2, -0.15) is 0 Å². The van der Waals surface area contributed by atoms with Crippen molar-refractivity contribution >= 4 is 23.8 Å². The van der Waals surface area contributed by atoms with Gasteiger partial charge in [0.2, 0.25) is 0 Å². The SMILES string of the molecule is O=C(C=Cc1ccc(Oc2c(C(=O)O)cccc2C(=O)O)cc1)c1ccccc1. The molecule has 3 aromatic carbocycles. The number of carbonyl (C=O) groups is 3. The third kappa shape index (κ3) is 4.75. The molecule has 0 unspecified atom stereocenters. The number of allylic oxidation sites excluding steroid dienone is 1. The highest BCUT2D eigenvalue weighted by Gasteiger charge is 2.20. The molecule has 0 spiro atoms. The van der Waals surface area contributed by atoms with E-state index in [0.717, 1.165) is 5.56 Å². The molecule has 0 bridgehead atoms. The maximum absolute atomic E-state index is 12.1. The van der Waals surface area contributed by atoms with Crippen molar-refractivity contribution in [2.75, 3.05) is 0 Å². The molecule has 0 aliphatic carbocycles. The van der Waals surface area contributed by atoms with Crippen molar-refractivity contribution in [3.63, 3.8) is 0 Å². The number of carboxylic acid groups (broad SMARTS) is 2. The molecule has 0 saturated heterocycles. The van der Waals surface area contributed by atoms with Gasteiger partial charge in [0, 0.05) is 5.56 Å². The lowest BCUT2D eigenvalue weighted by Gasteiger charge is -2.11. The number of benzene rings is 3. The number of rotatable bonds is 7. The summed E-state index contributed by atoms with van der Waals surface area (Å²) in [6, 6.07) is 19.2. The van der Waals surface area contributed by atoms with Crippen molar-refractivity contribution in [3.8, 4) is 11.5 Å². The quantitative estimate of drug-likeness (QED) is 0.447. The third-order valence-corrected chi connectivity index (χ3v) is 4.06. The van der Waals surface area contributed by atoms with Crippen molar-refractivity contribution in [1.29, 1.82) is 0 Å². The minimum Gasteiger partial charge on any atom is -0.478 e. The Labute approximate surface area is 166 Å². The number of para-hydroxylation sites is 1. The van der Waals surface area contributed by atoms with Crippen molar-refractivity contribution in [1.82, 2.24) is 0 Å². The van der Waals surface area contributed by atoms with Crippen molar-refractivity contribution in [2.45, 2.75) is 0 Å². The second kappa shape index (κ2) is 8.67. The maximum atomic E-state index is 12.1. The predicted molar refractivity (Wildman–Crippen MR) is 107 cm³/mol. The Morgan fingerprint density at radius 1 is 0.724 bits per heavy atom. The molecule has 2 N–H and O–H groups in total. The van der Waals surface area contributed by atoms with Gasteiger partial charge >= 0.3 is 11.9 Å². The van der Waals surface area contributed by atoms with Crippen LogP contribution in [-0.4, -0.2) is 27.9 Å². The summed E-state index contributed by atoms with van der Waals surface area (Å²) in [7, 11) is 0. The van der Waals surface area contributed by atoms with Crippen LogP contribution in [0, 0.1) is 0 Å². The Bertz CT molecular complexity index is 1050. The number of aromatic carboxylic acids is 2. The topological polar surface area (TPSA) is 101 Å². The Balaban J connectivity index is 1.80. The van der Waals surface area contributed by atoms with E-state index in [2.05, 4.69) is 0 Å². The summed E-state index contributed by atoms with van der Waals surface area (Å²) in [5.74, 6) is -2.68. The number of ether oxygens (including phenoxy) is 1. The van der Waals surface area contributed by atoms with Crippen LogP contribution in [-0.2, 0) is 0 Å². The summed E-state index contributed by atoms with van der Waals surface area (Å²) in [5, 5.41) is 18.6. The van der Waals surface area contributed by atoms with E-state index in [-0.39, 0.29) is 28.4 Å². The molecule has 0 aromatic heterocycles. The lowest BCUT2D eigenvalue weighted by molar-refractivity contribution is 0.0692. The zero-order valence-corrected chi connectivity index (χ0v) is 15.1. The van der Waals surface area contributed by atoms with E-state index in [1.54, 1.807) is 54.6 Å². The Morgan fingerprint density at radius 3 is 1.86 bits per heavy atom. The second-order valence-corrected chi connectivity index (χ2v) is 6.03. The van der Waals surface area contributed by atoms with E-state index in [1.165, 1.54) is 24.3 Å². The molecule has 144 valence electrons. The molecule has 0 atom stereocenters. The molecule has 29 heavy (non-hydrogen) atoms. The molecule has 0 radical (unpaired) electrons. The normalized spacial score (nSPS) is 10.6. The average Bonchev–Trinajstić information content (AvgIpc) is 2.73. The first-order valence-corrected chi connectivity index (χ1v) is 8.60. The smallest absolute Gasteiger partial charge is 0.339 e. The summed E-state index contributed by atoms with van der Waals surface area (Å²) in [4.78, 5) is 34.9. The highest BCUT2D eigenvalue weighted by Crippen LogP contribution is 2.30. The monoisotopic (exact) mass is 388 g/mol. The van der Waals surface area contributed by atoms with Gasteiger partial charge in [-0.3, -0.25) is 4.79 Å². The van der Waals surface area contributed by atoms with Crippen LogP contribution in [0.25, 0.3) is 6.08 Å². The van der Waals surface area contributed by atoms with Gasteiger partial charge in [-0.15, -0.1) is 0 Å². The van der Waals surface area contributed by atoms with Gasteiger partial charge in [-0.05, 0) is 35.9 Å². The summed E-state index contributed by atoms with van der Waals surface area (Å²) in [5.41, 5.74) is 0.812. The minimum absolute atomic E-state index is 0.132. The highest BCUT2D eigenvalue weighted by atomic mass is 16.5. The van der Waals surface area contributed by atoms with Gasteiger partial charge in [-0.1, -0.05) is 54.6 Å². The molecule has 0 aliphatic rings. The van der Waals surface area contributed by atoms with Crippen LogP contribution < -0.4 is 4.74 Å². The molecule has 0 amide bonds. The third-order valence-electron chi connectivity index (χ3n) is 4.06. The van der Waals surface area contributed by atoms with Crippen LogP contribution in [0.4, 0.5) is 0 Å². The Kier molecular flexibility index (Phi) is 5.85. The van der Waals surface area contributed by atoms with Crippen LogP contribution >= 0.6 is 0 Å². The van der Waals surface area contributed by atoms with E-state index in [0.29, 0.717) is 5.56 Å². The maximum Gasteiger partial charge on any atom is 0.339 e. The number of carboxylic acids is 2. The largest absolute Gasteiger partial charge is 0.478 e. The van der Waals surface area contributed by atoms with Crippen molar-refractivity contribution in [3.05, 3.63) is 101 Å². The first kappa shape index (κ1) is 19.6. The van der Waals surface area contributed by atoms with Crippen molar-refractivity contribution in [2.24, 2.45) is 0 Å². The highest BCUT2D eigenvalue weighted by molar-refractivity contribution is 6.06. The average molecular weight is 388 g/mol. The number of carbonyl (C=O) groups excluding carboxylic acids is 1. The molecule has 6 heteroatoms. The van der Waals surface area contributed by atoms with Gasteiger partial charge in [-0.25, -0.2) is 9.59 Å². The Hall–Kier alpha value is -4.19. The van der Waals surface area contributed by atoms with E-state index in [9.17, 15) is 24.6 Å². The number of ketones is 1. The van der Waals surface area contributed by atoms with E-state index >= 15 is 0 Å². The van der Waals surface area contributed by atoms with E-state index in [1.807, 2.05) is 6.07 Å². The fourth-order valence-electron chi connectivity index (χ4n) is 2.62. The molecule has 6 nitrogen and oxygen atoms in total. The summed E-state index contributed by atoms with van der Waals surface area (Å²) < 4.78 is 5.56. The van der Waals surface area contributed by atoms with Crippen molar-refractivity contribution < 1.29 is 29.3 Å². The fourth-order valence-corrected chi connectivity index (χ4v) is 2.62. The molecule has 0 aliphatic heterocycles. The van der Waals surface area contributed by atoms with Gasteiger partial charge < -0.3 is 14.9 Å². The molecule has 3 aromatic rings. The standard InChI is InChI=1S/C23H16O6/c24-20(16-5-2-1-3-6-16)14-11-15-9-12-17(13-10-15)29-21-18(22(25)26)7-4-8-19(21)23(27)28/h1-14H,(H,25,26)(H,27,28). The van der Waals surface area contributed by atoms with Gasteiger partial charge in [0.25, 0.3) is 0 Å². The van der Waals surface area contributed by atoms with Crippen LogP contribution in [0.1, 0.15) is 36.6 Å². The second-order valence-electron chi connectivity index (χ2n) is 6.03. The number of hydrogen-bond donors (Lipinski definition) is 2. The predicted octanol–water partition coefficient (Wildman–Crippen LogP) is 4.77. The molecule has 0 fully saturated rings. The van der Waals surface area contributed by atoms with Crippen LogP contribution in [0.3, 0.4) is 0 Å². The minimum atomic E-state index is -1.29. The van der Waals surface area contributed by atoms with Crippen LogP contribution in [0.5, 0.6) is 11.5 Å². The summed E-state index contributed by atoms with van der Waals surface area (Å²) >= 11 is 0. The van der Waals surface area contributed by atoms with Gasteiger partial charge in [0.05, 0.1) is 0 Å². The summed E-state index contributed by atoms with van der Waals surface area (Å²) in [6.07, 6.45) is 3.10. The van der Waals surface area contributed by atoms with Crippen LogP contribution in [0.15, 0.2) is 78.9 Å². The summed E-state index contributed by atoms with van der Waals surface area (Å²) in [6.45, 7) is 0. The molecule has 0 saturated carbocycles. The zero-order valence-electron chi connectivity index (χ0n) is 15.1. The number of hydrogen-bond acceptors (Lipinski definition) is 4.